The SMILES string of the molecule is CCc1ccc(OCc2nnc(SCC(=O)Nc3c(C)n(C)n(-c4ccccc4)c3=O)n2CC)cc1. The number of carbonyl (C=O) groups excluding carboxylic acids is 1. The van der Waals surface area contributed by atoms with Gasteiger partial charge in [0.1, 0.15) is 18.0 Å². The fourth-order valence-electron chi connectivity index (χ4n) is 3.84. The van der Waals surface area contributed by atoms with Gasteiger partial charge in [0.25, 0.3) is 5.56 Å². The Morgan fingerprint density at radius 3 is 2.44 bits per heavy atom. The normalized spacial score (nSPS) is 11.0. The number of carbonyl (C=O) groups is 1. The molecule has 0 aliphatic carbocycles. The summed E-state index contributed by atoms with van der Waals surface area (Å²) in [5, 5.41) is 11.9. The van der Waals surface area contributed by atoms with Gasteiger partial charge in [-0.1, -0.05) is 49.0 Å². The van der Waals surface area contributed by atoms with Crippen molar-refractivity contribution >= 4 is 23.4 Å². The number of amides is 1. The molecule has 2 aromatic heterocycles. The highest BCUT2D eigenvalue weighted by Gasteiger charge is 2.19. The summed E-state index contributed by atoms with van der Waals surface area (Å²) >= 11 is 1.27. The third kappa shape index (κ3) is 5.38. The van der Waals surface area contributed by atoms with Crippen LogP contribution in [-0.2, 0) is 31.4 Å². The van der Waals surface area contributed by atoms with E-state index in [4.69, 9.17) is 4.74 Å². The maximum atomic E-state index is 13.0. The first-order valence-electron chi connectivity index (χ1n) is 11.8. The monoisotopic (exact) mass is 506 g/mol. The second kappa shape index (κ2) is 11.3. The van der Waals surface area contributed by atoms with E-state index < -0.39 is 0 Å². The molecule has 36 heavy (non-hydrogen) atoms. The fraction of sp³-hybridized carbons (Fsp3) is 0.308. The van der Waals surface area contributed by atoms with Crippen molar-refractivity contribution in [3.05, 3.63) is 82.0 Å². The Hall–Kier alpha value is -3.79. The summed E-state index contributed by atoms with van der Waals surface area (Å²) in [5.41, 5.74) is 2.65. The van der Waals surface area contributed by atoms with Crippen LogP contribution >= 0.6 is 11.8 Å². The maximum absolute atomic E-state index is 13.0. The van der Waals surface area contributed by atoms with E-state index in [1.807, 2.05) is 66.1 Å². The van der Waals surface area contributed by atoms with Crippen molar-refractivity contribution in [2.75, 3.05) is 11.1 Å². The molecule has 0 fully saturated rings. The first kappa shape index (κ1) is 25.3. The van der Waals surface area contributed by atoms with Crippen molar-refractivity contribution in [3.63, 3.8) is 0 Å². The number of aromatic nitrogens is 5. The average Bonchev–Trinajstić information content (AvgIpc) is 3.40. The van der Waals surface area contributed by atoms with Crippen LogP contribution in [0, 0.1) is 6.92 Å². The highest BCUT2D eigenvalue weighted by atomic mass is 32.2. The number of benzene rings is 2. The van der Waals surface area contributed by atoms with E-state index in [2.05, 4.69) is 22.4 Å². The van der Waals surface area contributed by atoms with E-state index >= 15 is 0 Å². The fourth-order valence-corrected chi connectivity index (χ4v) is 4.66. The minimum atomic E-state index is -0.287. The summed E-state index contributed by atoms with van der Waals surface area (Å²) in [6.07, 6.45) is 0.978. The minimum absolute atomic E-state index is 0.0938. The topological polar surface area (TPSA) is 96.0 Å². The van der Waals surface area contributed by atoms with Crippen molar-refractivity contribution in [2.45, 2.75) is 45.5 Å². The molecule has 0 bridgehead atoms. The van der Waals surface area contributed by atoms with Gasteiger partial charge in [0.15, 0.2) is 11.0 Å². The molecule has 1 N–H and O–H groups in total. The number of nitrogens with one attached hydrogen (secondary N) is 1. The van der Waals surface area contributed by atoms with E-state index in [0.29, 0.717) is 23.2 Å². The number of rotatable bonds is 10. The predicted molar refractivity (Wildman–Crippen MR) is 141 cm³/mol. The third-order valence-corrected chi connectivity index (χ3v) is 6.93. The summed E-state index contributed by atoms with van der Waals surface area (Å²) in [5.74, 6) is 1.26. The van der Waals surface area contributed by atoms with Gasteiger partial charge in [-0.15, -0.1) is 10.2 Å². The van der Waals surface area contributed by atoms with Crippen LogP contribution in [0.5, 0.6) is 5.75 Å². The Bertz CT molecular complexity index is 1390. The zero-order chi connectivity index (χ0) is 25.7. The van der Waals surface area contributed by atoms with Gasteiger partial charge in [-0.3, -0.25) is 14.3 Å². The van der Waals surface area contributed by atoms with Gasteiger partial charge in [0.2, 0.25) is 5.91 Å². The third-order valence-electron chi connectivity index (χ3n) is 5.96. The van der Waals surface area contributed by atoms with E-state index in [9.17, 15) is 9.59 Å². The molecule has 0 spiro atoms. The first-order valence-corrected chi connectivity index (χ1v) is 12.8. The highest BCUT2D eigenvalue weighted by molar-refractivity contribution is 7.99. The number of aryl methyl sites for hydroxylation is 1. The van der Waals surface area contributed by atoms with Gasteiger partial charge in [0.05, 0.1) is 17.1 Å². The Kier molecular flexibility index (Phi) is 7.94. The molecule has 4 rings (SSSR count). The Morgan fingerprint density at radius 2 is 1.78 bits per heavy atom. The second-order valence-corrected chi connectivity index (χ2v) is 9.15. The zero-order valence-electron chi connectivity index (χ0n) is 20.9. The lowest BCUT2D eigenvalue weighted by atomic mass is 10.2. The van der Waals surface area contributed by atoms with E-state index in [1.54, 1.807) is 18.7 Å². The molecule has 10 heteroatoms. The standard InChI is InChI=1S/C26H30N6O3S/c1-5-19-12-14-21(15-13-19)35-16-22-28-29-26(31(22)6-2)36-17-23(33)27-24-18(3)30(4)32(25(24)34)20-10-8-7-9-11-20/h7-15H,5-6,16-17H2,1-4H3,(H,27,33). The maximum Gasteiger partial charge on any atom is 0.295 e. The molecule has 1 amide bonds. The van der Waals surface area contributed by atoms with Crippen molar-refractivity contribution in [1.29, 1.82) is 0 Å². The lowest BCUT2D eigenvalue weighted by Gasteiger charge is -2.09. The van der Waals surface area contributed by atoms with Crippen LogP contribution in [0.25, 0.3) is 5.69 Å². The van der Waals surface area contributed by atoms with Gasteiger partial charge in [0, 0.05) is 13.6 Å². The van der Waals surface area contributed by atoms with Crippen LogP contribution in [0.4, 0.5) is 5.69 Å². The molecule has 0 saturated carbocycles. The molecule has 0 saturated heterocycles. The molecule has 0 aliphatic heterocycles. The van der Waals surface area contributed by atoms with E-state index in [1.165, 1.54) is 22.0 Å². The van der Waals surface area contributed by atoms with Crippen molar-refractivity contribution in [2.24, 2.45) is 7.05 Å². The van der Waals surface area contributed by atoms with Gasteiger partial charge in [-0.25, -0.2) is 4.68 Å². The first-order chi connectivity index (χ1) is 17.4. The van der Waals surface area contributed by atoms with Gasteiger partial charge >= 0.3 is 0 Å². The largest absolute Gasteiger partial charge is 0.486 e. The van der Waals surface area contributed by atoms with Gasteiger partial charge in [-0.05, 0) is 50.1 Å². The van der Waals surface area contributed by atoms with Crippen LogP contribution in [0.1, 0.15) is 30.9 Å². The summed E-state index contributed by atoms with van der Waals surface area (Å²) in [6, 6.07) is 17.3. The minimum Gasteiger partial charge on any atom is -0.486 e. The number of ether oxygens (including phenoxy) is 1. The van der Waals surface area contributed by atoms with Crippen molar-refractivity contribution < 1.29 is 9.53 Å². The molecule has 9 nitrogen and oxygen atoms in total. The lowest BCUT2D eigenvalue weighted by Crippen LogP contribution is -2.23. The Labute approximate surface area is 214 Å². The summed E-state index contributed by atoms with van der Waals surface area (Å²) in [4.78, 5) is 25.8. The zero-order valence-corrected chi connectivity index (χ0v) is 21.7. The quantitative estimate of drug-likeness (QED) is 0.327. The van der Waals surface area contributed by atoms with Crippen molar-refractivity contribution in [3.8, 4) is 11.4 Å². The van der Waals surface area contributed by atoms with Crippen LogP contribution in [0.3, 0.4) is 0 Å². The molecule has 2 heterocycles. The summed E-state index contributed by atoms with van der Waals surface area (Å²) in [7, 11) is 1.79. The van der Waals surface area contributed by atoms with Crippen molar-refractivity contribution in [1.82, 2.24) is 24.1 Å². The molecule has 2 aromatic carbocycles. The molecule has 0 unspecified atom stereocenters. The van der Waals surface area contributed by atoms with Crippen LogP contribution in [0.2, 0.25) is 0 Å². The molecule has 4 aromatic rings. The molecule has 0 aliphatic rings. The average molecular weight is 507 g/mol. The Balaban J connectivity index is 1.40. The van der Waals surface area contributed by atoms with Gasteiger partial charge < -0.3 is 14.6 Å². The molecular weight excluding hydrogens is 476 g/mol. The summed E-state index contributed by atoms with van der Waals surface area (Å²) in [6.45, 7) is 6.83. The lowest BCUT2D eigenvalue weighted by molar-refractivity contribution is -0.113. The Morgan fingerprint density at radius 1 is 1.06 bits per heavy atom. The smallest absolute Gasteiger partial charge is 0.295 e. The number of hydrogen-bond donors (Lipinski definition) is 1. The number of thioether (sulfide) groups is 1. The number of anilines is 1. The van der Waals surface area contributed by atoms with E-state index in [0.717, 1.165) is 17.9 Å². The van der Waals surface area contributed by atoms with E-state index in [-0.39, 0.29) is 29.5 Å². The van der Waals surface area contributed by atoms with Gasteiger partial charge in [-0.2, -0.15) is 0 Å². The summed E-state index contributed by atoms with van der Waals surface area (Å²) < 4.78 is 11.1. The number of para-hydroxylation sites is 1. The van der Waals surface area contributed by atoms with Crippen LogP contribution in [0.15, 0.2) is 64.5 Å². The number of nitrogens with zero attached hydrogens (tertiary/aromatic N) is 5. The molecule has 0 atom stereocenters. The highest BCUT2D eigenvalue weighted by Crippen LogP contribution is 2.20. The molecular formula is C26H30N6O3S. The molecule has 0 radical (unpaired) electrons. The predicted octanol–water partition coefficient (Wildman–Crippen LogP) is 3.97. The number of hydrogen-bond acceptors (Lipinski definition) is 6. The van der Waals surface area contributed by atoms with Crippen LogP contribution < -0.4 is 15.6 Å². The van der Waals surface area contributed by atoms with Crippen LogP contribution in [-0.4, -0.2) is 35.8 Å². The molecule has 188 valence electrons. The second-order valence-electron chi connectivity index (χ2n) is 8.20.